The molecular formula is C37H28N6. The highest BCUT2D eigenvalue weighted by atomic mass is 15.2. The maximum absolute atomic E-state index is 5.37. The molecule has 6 aromatic heterocycles. The van der Waals surface area contributed by atoms with Gasteiger partial charge in [0.15, 0.2) is 0 Å². The Kier molecular flexibility index (Phi) is 4.71. The Morgan fingerprint density at radius 2 is 1.21 bits per heavy atom. The third-order valence-electron chi connectivity index (χ3n) is 9.28. The Labute approximate surface area is 247 Å². The number of pyridine rings is 4. The van der Waals surface area contributed by atoms with E-state index in [1.807, 2.05) is 6.07 Å². The summed E-state index contributed by atoms with van der Waals surface area (Å²) in [4.78, 5) is 15.8. The van der Waals surface area contributed by atoms with Crippen LogP contribution in [0.2, 0.25) is 0 Å². The number of para-hydroxylation sites is 3. The summed E-state index contributed by atoms with van der Waals surface area (Å²) in [6, 6.07) is 34.0. The van der Waals surface area contributed by atoms with Crippen molar-refractivity contribution in [3.05, 3.63) is 120 Å². The fourth-order valence-electron chi connectivity index (χ4n) is 6.80. The van der Waals surface area contributed by atoms with Gasteiger partial charge in [-0.05, 0) is 75.7 Å². The maximum atomic E-state index is 5.37. The standard InChI is InChI=1S/C37H28N6/c1-21-22(2)41-43-30-18-20-32(40-34(30)23-11-5-6-12-24(23)35(21)43)37(3,4)31-19-17-26-33(39-31)25-13-7-9-15-28(25)42-29-16-10-8-14-27(29)38-36(26)42/h5-20H,1-4H3. The first-order valence-electron chi connectivity index (χ1n) is 14.7. The van der Waals surface area contributed by atoms with E-state index in [4.69, 9.17) is 20.1 Å². The molecule has 0 aliphatic carbocycles. The SMILES string of the molecule is Cc1nn2c3ccc(C(C)(C)c4ccc5c(n4)c4ccccc4n4c6ccccc6nc54)nc3c3ccccc3c2c1C. The van der Waals surface area contributed by atoms with E-state index < -0.39 is 5.41 Å². The third kappa shape index (κ3) is 3.18. The van der Waals surface area contributed by atoms with E-state index >= 15 is 0 Å². The fourth-order valence-corrected chi connectivity index (χ4v) is 6.80. The normalized spacial score (nSPS) is 12.7. The molecule has 0 N–H and O–H groups in total. The first-order valence-corrected chi connectivity index (χ1v) is 14.7. The minimum Gasteiger partial charge on any atom is -0.292 e. The van der Waals surface area contributed by atoms with Crippen LogP contribution in [0, 0.1) is 13.8 Å². The van der Waals surface area contributed by atoms with Crippen LogP contribution >= 0.6 is 0 Å². The first-order chi connectivity index (χ1) is 20.9. The maximum Gasteiger partial charge on any atom is 0.147 e. The van der Waals surface area contributed by atoms with Crippen LogP contribution in [0.4, 0.5) is 0 Å². The lowest BCUT2D eigenvalue weighted by Crippen LogP contribution is -2.22. The summed E-state index contributed by atoms with van der Waals surface area (Å²) in [5.74, 6) is 0. The average Bonchev–Trinajstić information content (AvgIpc) is 3.58. The number of imidazole rings is 1. The molecule has 0 atom stereocenters. The number of hydrogen-bond donors (Lipinski definition) is 0. The largest absolute Gasteiger partial charge is 0.292 e. The third-order valence-corrected chi connectivity index (χ3v) is 9.28. The predicted octanol–water partition coefficient (Wildman–Crippen LogP) is 8.48. The molecule has 0 fully saturated rings. The van der Waals surface area contributed by atoms with Crippen LogP contribution in [-0.2, 0) is 5.41 Å². The molecule has 0 bridgehead atoms. The minimum absolute atomic E-state index is 0.457. The molecule has 6 heterocycles. The van der Waals surface area contributed by atoms with Crippen molar-refractivity contribution in [2.24, 2.45) is 0 Å². The average molecular weight is 557 g/mol. The van der Waals surface area contributed by atoms with Gasteiger partial charge in [-0.15, -0.1) is 0 Å². The van der Waals surface area contributed by atoms with Crippen LogP contribution < -0.4 is 0 Å². The first kappa shape index (κ1) is 24.3. The second kappa shape index (κ2) is 8.35. The van der Waals surface area contributed by atoms with E-state index in [0.717, 1.165) is 77.5 Å². The van der Waals surface area contributed by atoms with Crippen molar-refractivity contribution in [1.29, 1.82) is 0 Å². The highest BCUT2D eigenvalue weighted by Crippen LogP contribution is 2.37. The van der Waals surface area contributed by atoms with Crippen molar-refractivity contribution in [3.8, 4) is 0 Å². The molecule has 6 heteroatoms. The number of rotatable bonds is 2. The van der Waals surface area contributed by atoms with Gasteiger partial charge >= 0.3 is 0 Å². The van der Waals surface area contributed by atoms with Gasteiger partial charge in [0.25, 0.3) is 0 Å². The van der Waals surface area contributed by atoms with E-state index in [0.29, 0.717) is 0 Å². The monoisotopic (exact) mass is 556 g/mol. The van der Waals surface area contributed by atoms with Gasteiger partial charge in [-0.25, -0.2) is 14.5 Å². The molecule has 0 amide bonds. The molecule has 9 aromatic rings. The van der Waals surface area contributed by atoms with E-state index in [1.54, 1.807) is 0 Å². The molecule has 6 nitrogen and oxygen atoms in total. The molecule has 0 radical (unpaired) electrons. The van der Waals surface area contributed by atoms with Crippen LogP contribution in [0.1, 0.15) is 36.5 Å². The van der Waals surface area contributed by atoms with Crippen LogP contribution in [0.15, 0.2) is 97.1 Å². The zero-order valence-corrected chi connectivity index (χ0v) is 24.4. The zero-order valence-electron chi connectivity index (χ0n) is 24.4. The summed E-state index contributed by atoms with van der Waals surface area (Å²) in [6.45, 7) is 8.64. The van der Waals surface area contributed by atoms with Crippen LogP contribution in [-0.4, -0.2) is 29.0 Å². The Hall–Kier alpha value is -5.36. The highest BCUT2D eigenvalue weighted by Gasteiger charge is 2.28. The van der Waals surface area contributed by atoms with E-state index in [-0.39, 0.29) is 0 Å². The Morgan fingerprint density at radius 3 is 2.02 bits per heavy atom. The van der Waals surface area contributed by atoms with Crippen molar-refractivity contribution >= 4 is 65.8 Å². The lowest BCUT2D eigenvalue weighted by molar-refractivity contribution is 0.601. The second-order valence-electron chi connectivity index (χ2n) is 12.1. The molecule has 0 saturated carbocycles. The summed E-state index contributed by atoms with van der Waals surface area (Å²) in [7, 11) is 0. The van der Waals surface area contributed by atoms with Crippen molar-refractivity contribution in [2.45, 2.75) is 33.1 Å². The number of fused-ring (bicyclic) bond motifs is 14. The van der Waals surface area contributed by atoms with E-state index in [9.17, 15) is 0 Å². The van der Waals surface area contributed by atoms with Gasteiger partial charge in [0.05, 0.1) is 55.7 Å². The summed E-state index contributed by atoms with van der Waals surface area (Å²) >= 11 is 0. The molecule has 0 saturated heterocycles. The highest BCUT2D eigenvalue weighted by molar-refractivity contribution is 6.13. The van der Waals surface area contributed by atoms with Gasteiger partial charge in [0.2, 0.25) is 0 Å². The number of hydrogen-bond acceptors (Lipinski definition) is 4. The lowest BCUT2D eigenvalue weighted by Gasteiger charge is -2.25. The quantitative estimate of drug-likeness (QED) is 0.200. The summed E-state index contributed by atoms with van der Waals surface area (Å²) in [5.41, 5.74) is 11.9. The second-order valence-corrected chi connectivity index (χ2v) is 12.1. The lowest BCUT2D eigenvalue weighted by atomic mass is 9.84. The van der Waals surface area contributed by atoms with Crippen LogP contribution in [0.25, 0.3) is 65.8 Å². The number of benzene rings is 3. The molecule has 0 spiro atoms. The van der Waals surface area contributed by atoms with Crippen molar-refractivity contribution in [2.75, 3.05) is 0 Å². The van der Waals surface area contributed by atoms with Crippen LogP contribution in [0.3, 0.4) is 0 Å². The Balaban J connectivity index is 1.30. The molecule has 0 aliphatic rings. The van der Waals surface area contributed by atoms with Gasteiger partial charge < -0.3 is 0 Å². The smallest absolute Gasteiger partial charge is 0.147 e. The summed E-state index contributed by atoms with van der Waals surface area (Å²) < 4.78 is 4.32. The van der Waals surface area contributed by atoms with Crippen molar-refractivity contribution in [3.63, 3.8) is 0 Å². The summed E-state index contributed by atoms with van der Waals surface area (Å²) in [6.07, 6.45) is 0. The number of aromatic nitrogens is 6. The predicted molar refractivity (Wildman–Crippen MR) is 175 cm³/mol. The molecule has 3 aromatic carbocycles. The number of aryl methyl sites for hydroxylation is 2. The Bertz CT molecular complexity index is 2620. The van der Waals surface area contributed by atoms with Gasteiger partial charge in [-0.3, -0.25) is 9.38 Å². The Morgan fingerprint density at radius 1 is 0.558 bits per heavy atom. The molecule has 206 valence electrons. The van der Waals surface area contributed by atoms with Crippen LogP contribution in [0.5, 0.6) is 0 Å². The van der Waals surface area contributed by atoms with Gasteiger partial charge in [0, 0.05) is 27.0 Å². The van der Waals surface area contributed by atoms with Gasteiger partial charge in [0.1, 0.15) is 5.65 Å². The molecule has 43 heavy (non-hydrogen) atoms. The topological polar surface area (TPSA) is 60.4 Å². The van der Waals surface area contributed by atoms with Gasteiger partial charge in [-0.1, -0.05) is 54.6 Å². The summed E-state index contributed by atoms with van der Waals surface area (Å²) in [5, 5.41) is 9.35. The molecular weight excluding hydrogens is 528 g/mol. The van der Waals surface area contributed by atoms with Crippen molar-refractivity contribution < 1.29 is 0 Å². The number of nitrogens with zero attached hydrogens (tertiary/aromatic N) is 6. The van der Waals surface area contributed by atoms with Crippen molar-refractivity contribution in [1.82, 2.24) is 29.0 Å². The molecule has 0 unspecified atom stereocenters. The molecule has 0 aliphatic heterocycles. The fraction of sp³-hybridized carbons (Fsp3) is 0.135. The van der Waals surface area contributed by atoms with E-state index in [1.165, 1.54) is 10.9 Å². The zero-order chi connectivity index (χ0) is 29.0. The minimum atomic E-state index is -0.457. The molecule has 9 rings (SSSR count). The van der Waals surface area contributed by atoms with E-state index in [2.05, 4.69) is 128 Å². The van der Waals surface area contributed by atoms with Gasteiger partial charge in [-0.2, -0.15) is 5.10 Å².